The maximum absolute atomic E-state index is 11.0. The molecule has 4 nitrogen and oxygen atoms in total. The van der Waals surface area contributed by atoms with Crippen molar-refractivity contribution < 1.29 is 4.79 Å². The van der Waals surface area contributed by atoms with E-state index in [1.807, 2.05) is 13.0 Å². The number of nitrogens with zero attached hydrogens (tertiary/aromatic N) is 1. The molecule has 2 N–H and O–H groups in total. The number of carbonyl (C=O) groups is 1. The number of aromatic nitrogens is 2. The Hall–Kier alpha value is -1.32. The van der Waals surface area contributed by atoms with Crippen molar-refractivity contribution >= 4 is 5.91 Å². The van der Waals surface area contributed by atoms with Crippen LogP contribution >= 0.6 is 0 Å². The minimum Gasteiger partial charge on any atom is -0.350 e. The lowest BCUT2D eigenvalue weighted by molar-refractivity contribution is -0.120. The zero-order valence-corrected chi connectivity index (χ0v) is 8.34. The van der Waals surface area contributed by atoms with E-state index in [2.05, 4.69) is 15.5 Å². The summed E-state index contributed by atoms with van der Waals surface area (Å²) in [7, 11) is 0. The molecule has 0 aromatic carbocycles. The Bertz CT molecular complexity index is 328. The maximum Gasteiger partial charge on any atom is 0.220 e. The fourth-order valence-electron chi connectivity index (χ4n) is 1.38. The van der Waals surface area contributed by atoms with E-state index in [9.17, 15) is 4.79 Å². The molecule has 1 aromatic heterocycles. The van der Waals surface area contributed by atoms with Crippen molar-refractivity contribution in [3.63, 3.8) is 0 Å². The van der Waals surface area contributed by atoms with Crippen LogP contribution in [0.3, 0.4) is 0 Å². The van der Waals surface area contributed by atoms with E-state index in [0.29, 0.717) is 18.9 Å². The smallest absolute Gasteiger partial charge is 0.220 e. The zero-order valence-electron chi connectivity index (χ0n) is 8.34. The molecule has 0 saturated heterocycles. The molecule has 0 unspecified atom stereocenters. The molecule has 14 heavy (non-hydrogen) atoms. The molecule has 1 fully saturated rings. The third-order valence-electron chi connectivity index (χ3n) is 2.44. The van der Waals surface area contributed by atoms with Crippen molar-refractivity contribution in [2.24, 2.45) is 0 Å². The lowest BCUT2D eigenvalue weighted by Crippen LogP contribution is -2.21. The molecule has 0 atom stereocenters. The third-order valence-corrected chi connectivity index (χ3v) is 2.44. The van der Waals surface area contributed by atoms with Gasteiger partial charge in [-0.05, 0) is 18.9 Å². The van der Waals surface area contributed by atoms with Crippen molar-refractivity contribution in [1.29, 1.82) is 0 Å². The SMILES string of the molecule is CCC(=O)NCc1cc(C2CC2)n[nH]1. The van der Waals surface area contributed by atoms with E-state index < -0.39 is 0 Å². The molecule has 1 heterocycles. The van der Waals surface area contributed by atoms with Crippen LogP contribution in [-0.4, -0.2) is 16.1 Å². The molecule has 4 heteroatoms. The van der Waals surface area contributed by atoms with Gasteiger partial charge in [-0.3, -0.25) is 9.89 Å². The lowest BCUT2D eigenvalue weighted by atomic mass is 10.2. The number of hydrogen-bond acceptors (Lipinski definition) is 2. The van der Waals surface area contributed by atoms with E-state index in [1.165, 1.54) is 12.8 Å². The molecule has 0 radical (unpaired) electrons. The highest BCUT2D eigenvalue weighted by Crippen LogP contribution is 2.38. The first-order valence-electron chi connectivity index (χ1n) is 5.10. The van der Waals surface area contributed by atoms with Crippen molar-refractivity contribution in [1.82, 2.24) is 15.5 Å². The average molecular weight is 193 g/mol. The number of aromatic amines is 1. The zero-order chi connectivity index (χ0) is 9.97. The number of H-pyrrole nitrogens is 1. The lowest BCUT2D eigenvalue weighted by Gasteiger charge is -1.99. The van der Waals surface area contributed by atoms with Crippen molar-refractivity contribution in [2.45, 2.75) is 38.6 Å². The van der Waals surface area contributed by atoms with Crippen LogP contribution in [-0.2, 0) is 11.3 Å². The van der Waals surface area contributed by atoms with Crippen molar-refractivity contribution in [3.05, 3.63) is 17.5 Å². The van der Waals surface area contributed by atoms with E-state index in [-0.39, 0.29) is 5.91 Å². The highest BCUT2D eigenvalue weighted by Gasteiger charge is 2.25. The van der Waals surface area contributed by atoms with Gasteiger partial charge in [0.15, 0.2) is 0 Å². The molecule has 1 aromatic rings. The average Bonchev–Trinajstić information content (AvgIpc) is 2.95. The third kappa shape index (κ3) is 2.13. The molecule has 0 bridgehead atoms. The Labute approximate surface area is 83.1 Å². The first-order valence-corrected chi connectivity index (χ1v) is 5.10. The number of hydrogen-bond donors (Lipinski definition) is 2. The highest BCUT2D eigenvalue weighted by molar-refractivity contribution is 5.75. The summed E-state index contributed by atoms with van der Waals surface area (Å²) in [5.41, 5.74) is 2.14. The Morgan fingerprint density at radius 1 is 1.71 bits per heavy atom. The number of nitrogens with one attached hydrogen (secondary N) is 2. The summed E-state index contributed by atoms with van der Waals surface area (Å²) in [4.78, 5) is 11.0. The molecule has 0 aliphatic heterocycles. The van der Waals surface area contributed by atoms with Crippen molar-refractivity contribution in [2.75, 3.05) is 0 Å². The molecule has 1 aliphatic rings. The van der Waals surface area contributed by atoms with Crippen LogP contribution in [0, 0.1) is 0 Å². The largest absolute Gasteiger partial charge is 0.350 e. The first kappa shape index (κ1) is 9.24. The van der Waals surface area contributed by atoms with Gasteiger partial charge in [0, 0.05) is 12.3 Å². The van der Waals surface area contributed by atoms with Crippen molar-refractivity contribution in [3.8, 4) is 0 Å². The second-order valence-electron chi connectivity index (χ2n) is 3.72. The quantitative estimate of drug-likeness (QED) is 0.757. The number of rotatable bonds is 4. The van der Waals surface area contributed by atoms with Gasteiger partial charge in [-0.25, -0.2) is 0 Å². The Balaban J connectivity index is 1.86. The minimum atomic E-state index is 0.0765. The fourth-order valence-corrected chi connectivity index (χ4v) is 1.38. The van der Waals surface area contributed by atoms with Crippen LogP contribution < -0.4 is 5.32 Å². The summed E-state index contributed by atoms with van der Waals surface area (Å²) < 4.78 is 0. The van der Waals surface area contributed by atoms with E-state index in [4.69, 9.17) is 0 Å². The van der Waals surface area contributed by atoms with Crippen LogP contribution in [0.1, 0.15) is 43.5 Å². The van der Waals surface area contributed by atoms with Gasteiger partial charge < -0.3 is 5.32 Å². The van der Waals surface area contributed by atoms with E-state index in [0.717, 1.165) is 11.4 Å². The summed E-state index contributed by atoms with van der Waals surface area (Å²) in [5.74, 6) is 0.745. The van der Waals surface area contributed by atoms with Gasteiger partial charge in [0.1, 0.15) is 0 Å². The van der Waals surface area contributed by atoms with Gasteiger partial charge in [0.2, 0.25) is 5.91 Å². The van der Waals surface area contributed by atoms with E-state index in [1.54, 1.807) is 0 Å². The summed E-state index contributed by atoms with van der Waals surface area (Å²) in [6.07, 6.45) is 3.04. The molecule has 1 saturated carbocycles. The maximum atomic E-state index is 11.0. The van der Waals surface area contributed by atoms with Crippen LogP contribution in [0.4, 0.5) is 0 Å². The van der Waals surface area contributed by atoms with Crippen LogP contribution in [0.25, 0.3) is 0 Å². The van der Waals surface area contributed by atoms with Crippen LogP contribution in [0.15, 0.2) is 6.07 Å². The molecule has 2 rings (SSSR count). The molecular formula is C10H15N3O. The second-order valence-corrected chi connectivity index (χ2v) is 3.72. The number of carbonyl (C=O) groups excluding carboxylic acids is 1. The Kier molecular flexibility index (Phi) is 2.52. The normalized spacial score (nSPS) is 15.5. The van der Waals surface area contributed by atoms with Crippen LogP contribution in [0.5, 0.6) is 0 Å². The monoisotopic (exact) mass is 193 g/mol. The van der Waals surface area contributed by atoms with Gasteiger partial charge in [-0.15, -0.1) is 0 Å². The highest BCUT2D eigenvalue weighted by atomic mass is 16.1. The summed E-state index contributed by atoms with van der Waals surface area (Å²) in [6.45, 7) is 2.41. The van der Waals surface area contributed by atoms with Gasteiger partial charge in [0.05, 0.1) is 17.9 Å². The summed E-state index contributed by atoms with van der Waals surface area (Å²) in [5, 5.41) is 9.96. The standard InChI is InChI=1S/C10H15N3O/c1-2-10(14)11-6-8-5-9(13-12-8)7-3-4-7/h5,7H,2-4,6H2,1H3,(H,11,14)(H,12,13). The topological polar surface area (TPSA) is 57.8 Å². The molecular weight excluding hydrogens is 178 g/mol. The predicted molar refractivity (Wildman–Crippen MR) is 52.7 cm³/mol. The van der Waals surface area contributed by atoms with Gasteiger partial charge in [-0.1, -0.05) is 6.92 Å². The second kappa shape index (κ2) is 3.82. The first-order chi connectivity index (χ1) is 6.79. The van der Waals surface area contributed by atoms with Gasteiger partial charge in [0.25, 0.3) is 0 Å². The Morgan fingerprint density at radius 2 is 2.50 bits per heavy atom. The summed E-state index contributed by atoms with van der Waals surface area (Å²) in [6, 6.07) is 2.05. The van der Waals surface area contributed by atoms with Gasteiger partial charge >= 0.3 is 0 Å². The number of amides is 1. The molecule has 1 amide bonds. The summed E-state index contributed by atoms with van der Waals surface area (Å²) >= 11 is 0. The molecule has 1 aliphatic carbocycles. The predicted octanol–water partition coefficient (Wildman–Crippen LogP) is 1.31. The minimum absolute atomic E-state index is 0.0765. The Morgan fingerprint density at radius 3 is 3.14 bits per heavy atom. The fraction of sp³-hybridized carbons (Fsp3) is 0.600. The van der Waals surface area contributed by atoms with E-state index >= 15 is 0 Å². The molecule has 0 spiro atoms. The molecule has 76 valence electrons. The van der Waals surface area contributed by atoms with Gasteiger partial charge in [-0.2, -0.15) is 5.10 Å². The van der Waals surface area contributed by atoms with Crippen LogP contribution in [0.2, 0.25) is 0 Å².